The van der Waals surface area contributed by atoms with Gasteiger partial charge in [0.1, 0.15) is 0 Å². The fourth-order valence-electron chi connectivity index (χ4n) is 2.74. The van der Waals surface area contributed by atoms with Crippen LogP contribution in [0.2, 0.25) is 0 Å². The first-order valence-corrected chi connectivity index (χ1v) is 6.68. The van der Waals surface area contributed by atoms with Gasteiger partial charge in [0, 0.05) is 24.8 Å². The highest BCUT2D eigenvalue weighted by molar-refractivity contribution is 5.56. The third-order valence-electron chi connectivity index (χ3n) is 3.89. The summed E-state index contributed by atoms with van der Waals surface area (Å²) in [6.45, 7) is 8.62. The maximum Gasteiger partial charge on any atom is 0.0416 e. The molecule has 2 N–H and O–H groups in total. The van der Waals surface area contributed by atoms with Crippen LogP contribution in [0.4, 0.5) is 5.69 Å². The molecule has 1 aliphatic heterocycles. The molecule has 1 saturated heterocycles. The second kappa shape index (κ2) is 5.09. The third-order valence-corrected chi connectivity index (χ3v) is 3.89. The predicted octanol–water partition coefficient (Wildman–Crippen LogP) is 3.08. The summed E-state index contributed by atoms with van der Waals surface area (Å²) >= 11 is 0. The lowest BCUT2D eigenvalue weighted by molar-refractivity contribution is 0.390. The Morgan fingerprint density at radius 2 is 2.06 bits per heavy atom. The van der Waals surface area contributed by atoms with E-state index in [1.165, 1.54) is 29.7 Å². The first-order chi connectivity index (χ1) is 8.11. The van der Waals surface area contributed by atoms with E-state index in [0.717, 1.165) is 12.5 Å². The van der Waals surface area contributed by atoms with Crippen molar-refractivity contribution < 1.29 is 0 Å². The van der Waals surface area contributed by atoms with E-state index in [4.69, 9.17) is 5.73 Å². The molecule has 1 aromatic rings. The Kier molecular flexibility index (Phi) is 3.72. The van der Waals surface area contributed by atoms with Crippen LogP contribution in [0, 0.1) is 12.8 Å². The SMILES string of the molecule is Cc1ccc(CN)c(N2CC(C)CCC2C)c1. The summed E-state index contributed by atoms with van der Waals surface area (Å²) in [6.07, 6.45) is 2.64. The van der Waals surface area contributed by atoms with E-state index in [-0.39, 0.29) is 0 Å². The molecule has 17 heavy (non-hydrogen) atoms. The average molecular weight is 232 g/mol. The first kappa shape index (κ1) is 12.4. The highest BCUT2D eigenvalue weighted by Crippen LogP contribution is 2.30. The lowest BCUT2D eigenvalue weighted by atomic mass is 9.93. The van der Waals surface area contributed by atoms with Crippen LogP contribution >= 0.6 is 0 Å². The van der Waals surface area contributed by atoms with E-state index in [9.17, 15) is 0 Å². The summed E-state index contributed by atoms with van der Waals surface area (Å²) in [5.41, 5.74) is 9.81. The molecule has 2 atom stereocenters. The minimum absolute atomic E-state index is 0.632. The van der Waals surface area contributed by atoms with Crippen LogP contribution in [0.5, 0.6) is 0 Å². The second-order valence-corrected chi connectivity index (χ2v) is 5.52. The first-order valence-electron chi connectivity index (χ1n) is 6.68. The maximum absolute atomic E-state index is 5.86. The van der Waals surface area contributed by atoms with Crippen LogP contribution in [0.15, 0.2) is 18.2 Å². The highest BCUT2D eigenvalue weighted by atomic mass is 15.2. The van der Waals surface area contributed by atoms with Gasteiger partial charge in [0.25, 0.3) is 0 Å². The Labute approximate surface area is 105 Å². The number of rotatable bonds is 2. The van der Waals surface area contributed by atoms with Crippen molar-refractivity contribution in [3.05, 3.63) is 29.3 Å². The van der Waals surface area contributed by atoms with Crippen LogP contribution in [0.25, 0.3) is 0 Å². The average Bonchev–Trinajstić information content (AvgIpc) is 2.32. The van der Waals surface area contributed by atoms with Gasteiger partial charge in [-0.3, -0.25) is 0 Å². The van der Waals surface area contributed by atoms with Gasteiger partial charge in [0.15, 0.2) is 0 Å². The topological polar surface area (TPSA) is 29.3 Å². The third kappa shape index (κ3) is 2.63. The molecule has 94 valence electrons. The van der Waals surface area contributed by atoms with Crippen molar-refractivity contribution in [1.82, 2.24) is 0 Å². The van der Waals surface area contributed by atoms with Gasteiger partial charge in [-0.2, -0.15) is 0 Å². The van der Waals surface area contributed by atoms with Gasteiger partial charge in [-0.1, -0.05) is 19.1 Å². The van der Waals surface area contributed by atoms with E-state index in [1.54, 1.807) is 0 Å². The van der Waals surface area contributed by atoms with Gasteiger partial charge in [0.05, 0.1) is 0 Å². The summed E-state index contributed by atoms with van der Waals surface area (Å²) in [5, 5.41) is 0. The molecule has 0 spiro atoms. The Hall–Kier alpha value is -1.02. The number of nitrogens with zero attached hydrogens (tertiary/aromatic N) is 1. The minimum atomic E-state index is 0.632. The summed E-state index contributed by atoms with van der Waals surface area (Å²) in [4.78, 5) is 2.54. The molecular weight excluding hydrogens is 208 g/mol. The molecule has 0 bridgehead atoms. The van der Waals surface area contributed by atoms with Crippen LogP contribution in [0.1, 0.15) is 37.8 Å². The molecule has 0 amide bonds. The van der Waals surface area contributed by atoms with E-state index in [2.05, 4.69) is 43.9 Å². The van der Waals surface area contributed by atoms with Gasteiger partial charge in [-0.05, 0) is 49.8 Å². The number of hydrogen-bond acceptors (Lipinski definition) is 2. The van der Waals surface area contributed by atoms with Crippen molar-refractivity contribution >= 4 is 5.69 Å². The number of hydrogen-bond donors (Lipinski definition) is 1. The van der Waals surface area contributed by atoms with Gasteiger partial charge in [0.2, 0.25) is 0 Å². The lowest BCUT2D eigenvalue weighted by Gasteiger charge is -2.39. The van der Waals surface area contributed by atoms with Crippen LogP contribution in [0.3, 0.4) is 0 Å². The van der Waals surface area contributed by atoms with Gasteiger partial charge >= 0.3 is 0 Å². The van der Waals surface area contributed by atoms with Crippen molar-refractivity contribution in [2.24, 2.45) is 11.7 Å². The smallest absolute Gasteiger partial charge is 0.0416 e. The van der Waals surface area contributed by atoms with Crippen LogP contribution < -0.4 is 10.6 Å². The Morgan fingerprint density at radius 1 is 1.29 bits per heavy atom. The molecule has 2 rings (SSSR count). The molecule has 2 unspecified atom stereocenters. The quantitative estimate of drug-likeness (QED) is 0.849. The van der Waals surface area contributed by atoms with Gasteiger partial charge < -0.3 is 10.6 Å². The number of piperidine rings is 1. The molecular formula is C15H24N2. The molecule has 2 heteroatoms. The van der Waals surface area contributed by atoms with Crippen molar-refractivity contribution in [3.8, 4) is 0 Å². The van der Waals surface area contributed by atoms with Crippen LogP contribution in [-0.2, 0) is 6.54 Å². The zero-order valence-corrected chi connectivity index (χ0v) is 11.2. The summed E-state index contributed by atoms with van der Waals surface area (Å²) in [7, 11) is 0. The number of benzene rings is 1. The van der Waals surface area contributed by atoms with E-state index < -0.39 is 0 Å². The molecule has 0 aliphatic carbocycles. The normalized spacial score (nSPS) is 25.1. The molecule has 0 saturated carbocycles. The molecule has 0 radical (unpaired) electrons. The van der Waals surface area contributed by atoms with E-state index >= 15 is 0 Å². The molecule has 1 heterocycles. The van der Waals surface area contributed by atoms with Crippen molar-refractivity contribution in [2.45, 2.75) is 46.2 Å². The minimum Gasteiger partial charge on any atom is -0.368 e. The zero-order chi connectivity index (χ0) is 12.4. The zero-order valence-electron chi connectivity index (χ0n) is 11.2. The van der Waals surface area contributed by atoms with E-state index in [0.29, 0.717) is 12.6 Å². The number of anilines is 1. The summed E-state index contributed by atoms with van der Waals surface area (Å²) < 4.78 is 0. The van der Waals surface area contributed by atoms with Crippen molar-refractivity contribution in [1.29, 1.82) is 0 Å². The molecule has 1 aliphatic rings. The fraction of sp³-hybridized carbons (Fsp3) is 0.600. The van der Waals surface area contributed by atoms with Gasteiger partial charge in [-0.15, -0.1) is 0 Å². The standard InChI is InChI=1S/C15H24N2/c1-11-5-7-14(9-16)15(8-11)17-10-12(2)4-6-13(17)3/h5,7-8,12-13H,4,6,9-10,16H2,1-3H3. The maximum atomic E-state index is 5.86. The second-order valence-electron chi connectivity index (χ2n) is 5.52. The fourth-order valence-corrected chi connectivity index (χ4v) is 2.74. The van der Waals surface area contributed by atoms with Crippen molar-refractivity contribution in [2.75, 3.05) is 11.4 Å². The monoisotopic (exact) mass is 232 g/mol. The molecule has 0 aromatic heterocycles. The molecule has 1 fully saturated rings. The van der Waals surface area contributed by atoms with E-state index in [1.807, 2.05) is 0 Å². The number of aryl methyl sites for hydroxylation is 1. The highest BCUT2D eigenvalue weighted by Gasteiger charge is 2.24. The molecule has 1 aromatic carbocycles. The lowest BCUT2D eigenvalue weighted by Crippen LogP contribution is -2.41. The molecule has 2 nitrogen and oxygen atoms in total. The Morgan fingerprint density at radius 3 is 2.76 bits per heavy atom. The van der Waals surface area contributed by atoms with Crippen molar-refractivity contribution in [3.63, 3.8) is 0 Å². The summed E-state index contributed by atoms with van der Waals surface area (Å²) in [6, 6.07) is 7.26. The van der Waals surface area contributed by atoms with Gasteiger partial charge in [-0.25, -0.2) is 0 Å². The largest absolute Gasteiger partial charge is 0.368 e. The number of nitrogens with two attached hydrogens (primary N) is 1. The summed E-state index contributed by atoms with van der Waals surface area (Å²) in [5.74, 6) is 0.789. The Bertz CT molecular complexity index is 387. The Balaban J connectivity index is 2.33. The van der Waals surface area contributed by atoms with Crippen LogP contribution in [-0.4, -0.2) is 12.6 Å². The predicted molar refractivity (Wildman–Crippen MR) is 74.3 cm³/mol.